The molecule has 5 nitrogen and oxygen atoms in total. The van der Waals surface area contributed by atoms with E-state index in [1.54, 1.807) is 6.07 Å². The summed E-state index contributed by atoms with van der Waals surface area (Å²) in [5.74, 6) is -1.26. The molecule has 7 heteroatoms. The van der Waals surface area contributed by atoms with Crippen molar-refractivity contribution in [1.82, 2.24) is 5.32 Å². The quantitative estimate of drug-likeness (QED) is 0.911. The first-order chi connectivity index (χ1) is 11.5. The molecule has 1 heterocycles. The van der Waals surface area contributed by atoms with E-state index < -0.39 is 17.3 Å². The summed E-state index contributed by atoms with van der Waals surface area (Å²) in [7, 11) is 0. The Kier molecular flexibility index (Phi) is 4.46. The van der Waals surface area contributed by atoms with Gasteiger partial charge in [0.25, 0.3) is 0 Å². The fourth-order valence-corrected chi connectivity index (χ4v) is 3.51. The van der Waals surface area contributed by atoms with Crippen LogP contribution in [0.3, 0.4) is 0 Å². The minimum absolute atomic E-state index is 0.00700. The number of nitrogens with one attached hydrogen (secondary N) is 1. The Morgan fingerprint density at radius 1 is 1.42 bits per heavy atom. The summed E-state index contributed by atoms with van der Waals surface area (Å²) in [6.45, 7) is 0.379. The molecule has 1 N–H and O–H groups in total. The zero-order valence-electron chi connectivity index (χ0n) is 13.0. The van der Waals surface area contributed by atoms with Crippen molar-refractivity contribution in [2.24, 2.45) is 5.41 Å². The number of halogens is 2. The molecule has 1 aromatic rings. The number of nitriles is 1. The third kappa shape index (κ3) is 2.84. The molecule has 1 aromatic carbocycles. The molecule has 0 bridgehead atoms. The summed E-state index contributed by atoms with van der Waals surface area (Å²) in [6, 6.07) is 5.62. The molecule has 0 aromatic heterocycles. The summed E-state index contributed by atoms with van der Waals surface area (Å²) in [6.07, 6.45) is 3.17. The van der Waals surface area contributed by atoms with Gasteiger partial charge in [-0.15, -0.1) is 0 Å². The third-order valence-electron chi connectivity index (χ3n) is 4.83. The van der Waals surface area contributed by atoms with Gasteiger partial charge in [-0.3, -0.25) is 9.59 Å². The first kappa shape index (κ1) is 16.7. The normalized spacial score (nSPS) is 22.5. The minimum Gasteiger partial charge on any atom is -0.343 e. The van der Waals surface area contributed by atoms with Crippen molar-refractivity contribution < 1.29 is 14.0 Å². The molecule has 0 unspecified atom stereocenters. The van der Waals surface area contributed by atoms with Crippen LogP contribution in [0.4, 0.5) is 10.1 Å². The molecule has 1 atom stereocenters. The largest absolute Gasteiger partial charge is 0.343 e. The molecule has 1 saturated carbocycles. The highest BCUT2D eigenvalue weighted by atomic mass is 35.5. The first-order valence-electron chi connectivity index (χ1n) is 7.95. The highest BCUT2D eigenvalue weighted by Gasteiger charge is 2.44. The second-order valence-electron chi connectivity index (χ2n) is 6.30. The predicted molar refractivity (Wildman–Crippen MR) is 86.8 cm³/mol. The lowest BCUT2D eigenvalue weighted by atomic mass is 9.86. The van der Waals surface area contributed by atoms with E-state index in [4.69, 9.17) is 11.6 Å². The van der Waals surface area contributed by atoms with E-state index in [2.05, 4.69) is 11.4 Å². The van der Waals surface area contributed by atoms with E-state index >= 15 is 0 Å². The van der Waals surface area contributed by atoms with Crippen molar-refractivity contribution in [3.05, 3.63) is 29.0 Å². The Morgan fingerprint density at radius 3 is 2.75 bits per heavy atom. The molecule has 1 aliphatic heterocycles. The SMILES string of the molecule is N#CC1(C(=O)N[C@@H]2CCN(c3ccc(Cl)c(F)c3)C2=O)CCCC1. The van der Waals surface area contributed by atoms with Crippen LogP contribution in [-0.2, 0) is 9.59 Å². The van der Waals surface area contributed by atoms with E-state index in [1.807, 2.05) is 0 Å². The number of carbonyl (C=O) groups excluding carboxylic acids is 2. The maximum Gasteiger partial charge on any atom is 0.249 e. The third-order valence-corrected chi connectivity index (χ3v) is 5.14. The number of hydrogen-bond donors (Lipinski definition) is 1. The van der Waals surface area contributed by atoms with Gasteiger partial charge in [0.2, 0.25) is 11.8 Å². The van der Waals surface area contributed by atoms with Gasteiger partial charge in [-0.1, -0.05) is 24.4 Å². The summed E-state index contributed by atoms with van der Waals surface area (Å²) in [4.78, 5) is 26.4. The molecule has 0 spiro atoms. The van der Waals surface area contributed by atoms with Gasteiger partial charge in [0, 0.05) is 12.2 Å². The van der Waals surface area contributed by atoms with Crippen molar-refractivity contribution in [1.29, 1.82) is 5.26 Å². The maximum absolute atomic E-state index is 13.6. The monoisotopic (exact) mass is 349 g/mol. The topological polar surface area (TPSA) is 73.2 Å². The van der Waals surface area contributed by atoms with Crippen molar-refractivity contribution in [2.75, 3.05) is 11.4 Å². The highest BCUT2D eigenvalue weighted by molar-refractivity contribution is 6.30. The molecule has 2 amide bonds. The van der Waals surface area contributed by atoms with E-state index in [1.165, 1.54) is 17.0 Å². The van der Waals surface area contributed by atoms with Gasteiger partial charge in [0.05, 0.1) is 11.1 Å². The molecule has 0 radical (unpaired) electrons. The molecular weight excluding hydrogens is 333 g/mol. The Morgan fingerprint density at radius 2 is 2.12 bits per heavy atom. The minimum atomic E-state index is -1.01. The average Bonchev–Trinajstić information content (AvgIpc) is 3.19. The molecule has 24 heavy (non-hydrogen) atoms. The van der Waals surface area contributed by atoms with Crippen molar-refractivity contribution in [2.45, 2.75) is 38.1 Å². The lowest BCUT2D eigenvalue weighted by molar-refractivity contribution is -0.131. The van der Waals surface area contributed by atoms with Crippen molar-refractivity contribution >= 4 is 29.1 Å². The first-order valence-corrected chi connectivity index (χ1v) is 8.33. The van der Waals surface area contributed by atoms with Gasteiger partial charge >= 0.3 is 0 Å². The number of carbonyl (C=O) groups is 2. The van der Waals surface area contributed by atoms with Crippen LogP contribution in [-0.4, -0.2) is 24.4 Å². The lowest BCUT2D eigenvalue weighted by Crippen LogP contribution is -2.47. The van der Waals surface area contributed by atoms with Crippen molar-refractivity contribution in [3.63, 3.8) is 0 Å². The van der Waals surface area contributed by atoms with Gasteiger partial charge in [0.1, 0.15) is 17.3 Å². The lowest BCUT2D eigenvalue weighted by Gasteiger charge is -2.22. The van der Waals surface area contributed by atoms with Crippen LogP contribution in [0.5, 0.6) is 0 Å². The number of amides is 2. The van der Waals surface area contributed by atoms with Crippen LogP contribution < -0.4 is 10.2 Å². The standard InChI is InChI=1S/C17H17ClFN3O2/c18-12-4-3-11(9-13(12)19)22-8-5-14(15(22)23)21-16(24)17(10-20)6-1-2-7-17/h3-4,9,14H,1-2,5-8H2,(H,21,24)/t14-/m1/s1. The second-order valence-corrected chi connectivity index (χ2v) is 6.71. The summed E-state index contributed by atoms with van der Waals surface area (Å²) >= 11 is 5.66. The van der Waals surface area contributed by atoms with Crippen LogP contribution >= 0.6 is 11.6 Å². The number of nitrogens with zero attached hydrogens (tertiary/aromatic N) is 2. The summed E-state index contributed by atoms with van der Waals surface area (Å²) in [5, 5.41) is 12.1. The summed E-state index contributed by atoms with van der Waals surface area (Å²) < 4.78 is 13.6. The smallest absolute Gasteiger partial charge is 0.249 e. The number of benzene rings is 1. The van der Waals surface area contributed by atoms with Crippen LogP contribution in [0.2, 0.25) is 5.02 Å². The molecular formula is C17H17ClFN3O2. The Labute approximate surface area is 144 Å². The molecule has 1 saturated heterocycles. The second kappa shape index (κ2) is 6.40. The fraction of sp³-hybridized carbons (Fsp3) is 0.471. The van der Waals surface area contributed by atoms with E-state index in [9.17, 15) is 19.2 Å². The van der Waals surface area contributed by atoms with E-state index in [-0.39, 0.29) is 16.8 Å². The average molecular weight is 350 g/mol. The van der Waals surface area contributed by atoms with Crippen LogP contribution in [0.25, 0.3) is 0 Å². The van der Waals surface area contributed by atoms with Gasteiger partial charge in [-0.2, -0.15) is 5.26 Å². The van der Waals surface area contributed by atoms with Crippen LogP contribution in [0.15, 0.2) is 18.2 Å². The Balaban J connectivity index is 1.71. The van der Waals surface area contributed by atoms with Crippen LogP contribution in [0.1, 0.15) is 32.1 Å². The van der Waals surface area contributed by atoms with Gasteiger partial charge < -0.3 is 10.2 Å². The van der Waals surface area contributed by atoms with Gasteiger partial charge in [-0.05, 0) is 37.5 Å². The molecule has 2 fully saturated rings. The number of hydrogen-bond acceptors (Lipinski definition) is 3. The highest BCUT2D eigenvalue weighted by Crippen LogP contribution is 2.38. The van der Waals surface area contributed by atoms with E-state index in [0.717, 1.165) is 12.8 Å². The fourth-order valence-electron chi connectivity index (χ4n) is 3.39. The molecule has 2 aliphatic rings. The number of rotatable bonds is 3. The van der Waals surface area contributed by atoms with Crippen LogP contribution in [0, 0.1) is 22.6 Å². The molecule has 3 rings (SSSR count). The predicted octanol–water partition coefficient (Wildman–Crippen LogP) is 2.78. The van der Waals surface area contributed by atoms with E-state index in [0.29, 0.717) is 31.5 Å². The van der Waals surface area contributed by atoms with Gasteiger partial charge in [-0.25, -0.2) is 4.39 Å². The Hall–Kier alpha value is -2.13. The molecule has 1 aliphatic carbocycles. The molecule has 126 valence electrons. The van der Waals surface area contributed by atoms with Gasteiger partial charge in [0.15, 0.2) is 0 Å². The Bertz CT molecular complexity index is 725. The maximum atomic E-state index is 13.6. The number of anilines is 1. The summed E-state index contributed by atoms with van der Waals surface area (Å²) in [5.41, 5.74) is -0.602. The van der Waals surface area contributed by atoms with Crippen molar-refractivity contribution in [3.8, 4) is 6.07 Å². The zero-order chi connectivity index (χ0) is 17.3. The zero-order valence-corrected chi connectivity index (χ0v) is 13.8.